The Kier molecular flexibility index (Phi) is 4.86. The smallest absolute Gasteiger partial charge is 0.0108 e. The van der Waals surface area contributed by atoms with E-state index in [0.717, 1.165) is 12.0 Å². The largest absolute Gasteiger partial charge is 0.314 e. The van der Waals surface area contributed by atoms with Gasteiger partial charge >= 0.3 is 0 Å². The molecular formula is C14H26N2. The lowest BCUT2D eigenvalue weighted by Gasteiger charge is -2.35. The van der Waals surface area contributed by atoms with E-state index in [0.29, 0.717) is 0 Å². The molecule has 0 aromatic heterocycles. The maximum Gasteiger partial charge on any atom is 0.0108 e. The Balaban J connectivity index is 1.72. The zero-order valence-corrected chi connectivity index (χ0v) is 10.5. The number of hydrogen-bond donors (Lipinski definition) is 1. The molecule has 0 bridgehead atoms. The average Bonchev–Trinajstić information content (AvgIpc) is 2.83. The van der Waals surface area contributed by atoms with Crippen LogP contribution in [0.25, 0.3) is 0 Å². The maximum atomic E-state index is 3.79. The van der Waals surface area contributed by atoms with Crippen LogP contribution in [0.5, 0.6) is 0 Å². The third-order valence-electron chi connectivity index (χ3n) is 4.09. The zero-order chi connectivity index (χ0) is 11.2. The van der Waals surface area contributed by atoms with Gasteiger partial charge in [0.15, 0.2) is 0 Å². The number of nitrogens with zero attached hydrogens (tertiary/aromatic N) is 1. The second-order valence-corrected chi connectivity index (χ2v) is 5.34. The van der Waals surface area contributed by atoms with E-state index < -0.39 is 0 Å². The van der Waals surface area contributed by atoms with Crippen molar-refractivity contribution in [3.63, 3.8) is 0 Å². The zero-order valence-electron chi connectivity index (χ0n) is 10.5. The second-order valence-electron chi connectivity index (χ2n) is 5.34. The highest BCUT2D eigenvalue weighted by Crippen LogP contribution is 2.24. The summed E-state index contributed by atoms with van der Waals surface area (Å²) in [6.07, 6.45) is 10.1. The van der Waals surface area contributed by atoms with Gasteiger partial charge in [0.2, 0.25) is 0 Å². The molecule has 2 unspecified atom stereocenters. The number of likely N-dealkylation sites (tertiary alicyclic amines) is 1. The molecule has 2 nitrogen and oxygen atoms in total. The van der Waals surface area contributed by atoms with Crippen molar-refractivity contribution in [2.75, 3.05) is 26.2 Å². The van der Waals surface area contributed by atoms with Gasteiger partial charge in [-0.15, -0.1) is 6.58 Å². The van der Waals surface area contributed by atoms with E-state index in [9.17, 15) is 0 Å². The third-order valence-corrected chi connectivity index (χ3v) is 4.09. The van der Waals surface area contributed by atoms with Crippen LogP contribution >= 0.6 is 0 Å². The number of allylic oxidation sites excluding steroid dienone is 1. The summed E-state index contributed by atoms with van der Waals surface area (Å²) >= 11 is 0. The molecule has 0 aromatic carbocycles. The van der Waals surface area contributed by atoms with Crippen molar-refractivity contribution in [1.82, 2.24) is 10.2 Å². The van der Waals surface area contributed by atoms with E-state index in [1.54, 1.807) is 0 Å². The van der Waals surface area contributed by atoms with Crippen molar-refractivity contribution in [2.45, 2.75) is 44.6 Å². The lowest BCUT2D eigenvalue weighted by atomic mass is 9.89. The van der Waals surface area contributed by atoms with Crippen LogP contribution in [-0.2, 0) is 0 Å². The van der Waals surface area contributed by atoms with Crippen molar-refractivity contribution in [2.24, 2.45) is 5.92 Å². The fourth-order valence-electron chi connectivity index (χ4n) is 3.20. The molecule has 2 rings (SSSR count). The molecule has 2 saturated heterocycles. The van der Waals surface area contributed by atoms with Crippen molar-refractivity contribution < 1.29 is 0 Å². The number of unbranched alkanes of at least 4 members (excludes halogenated alkanes) is 1. The van der Waals surface area contributed by atoms with Crippen molar-refractivity contribution in [3.05, 3.63) is 12.7 Å². The number of hydrogen-bond acceptors (Lipinski definition) is 2. The van der Waals surface area contributed by atoms with Gasteiger partial charge in [0.1, 0.15) is 0 Å². The molecule has 0 saturated carbocycles. The molecule has 0 aliphatic carbocycles. The Morgan fingerprint density at radius 3 is 3.00 bits per heavy atom. The topological polar surface area (TPSA) is 15.3 Å². The van der Waals surface area contributed by atoms with E-state index in [4.69, 9.17) is 0 Å². The highest BCUT2D eigenvalue weighted by molar-refractivity contribution is 4.86. The van der Waals surface area contributed by atoms with Gasteiger partial charge in [0.05, 0.1) is 0 Å². The van der Waals surface area contributed by atoms with Crippen LogP contribution in [-0.4, -0.2) is 37.1 Å². The summed E-state index contributed by atoms with van der Waals surface area (Å²) in [6, 6.07) is 0.821. The van der Waals surface area contributed by atoms with E-state index in [2.05, 4.69) is 16.8 Å². The van der Waals surface area contributed by atoms with Crippen molar-refractivity contribution in [1.29, 1.82) is 0 Å². The van der Waals surface area contributed by atoms with Crippen LogP contribution in [0, 0.1) is 5.92 Å². The quantitative estimate of drug-likeness (QED) is 0.568. The Hall–Kier alpha value is -0.340. The summed E-state index contributed by atoms with van der Waals surface area (Å²) in [5.41, 5.74) is 0. The maximum absolute atomic E-state index is 3.79. The minimum atomic E-state index is 0.821. The molecule has 2 aliphatic heterocycles. The standard InChI is InChI=1S/C14H26N2/c1-2-3-4-10-16-11-6-7-13(12-16)14-8-5-9-15-14/h2,13-15H,1,3-12H2. The summed E-state index contributed by atoms with van der Waals surface area (Å²) in [5.74, 6) is 0.917. The van der Waals surface area contributed by atoms with Gasteiger partial charge in [-0.25, -0.2) is 0 Å². The van der Waals surface area contributed by atoms with Crippen LogP contribution in [0.2, 0.25) is 0 Å². The molecule has 16 heavy (non-hydrogen) atoms. The predicted molar refractivity (Wildman–Crippen MR) is 69.6 cm³/mol. The van der Waals surface area contributed by atoms with Gasteiger partial charge in [0, 0.05) is 12.6 Å². The highest BCUT2D eigenvalue weighted by atomic mass is 15.1. The fourth-order valence-corrected chi connectivity index (χ4v) is 3.20. The molecule has 0 radical (unpaired) electrons. The molecule has 0 amide bonds. The normalized spacial score (nSPS) is 31.8. The van der Waals surface area contributed by atoms with Crippen molar-refractivity contribution >= 4 is 0 Å². The van der Waals surface area contributed by atoms with Gasteiger partial charge < -0.3 is 10.2 Å². The van der Waals surface area contributed by atoms with Crippen molar-refractivity contribution in [3.8, 4) is 0 Å². The first-order valence-electron chi connectivity index (χ1n) is 6.97. The highest BCUT2D eigenvalue weighted by Gasteiger charge is 2.28. The van der Waals surface area contributed by atoms with E-state index in [1.807, 2.05) is 6.08 Å². The Bertz CT molecular complexity index is 209. The van der Waals surface area contributed by atoms with Gasteiger partial charge in [-0.05, 0) is 64.1 Å². The van der Waals surface area contributed by atoms with Crippen LogP contribution in [0.15, 0.2) is 12.7 Å². The number of piperidine rings is 1. The van der Waals surface area contributed by atoms with Gasteiger partial charge in [0.25, 0.3) is 0 Å². The Morgan fingerprint density at radius 1 is 1.31 bits per heavy atom. The van der Waals surface area contributed by atoms with Crippen LogP contribution < -0.4 is 5.32 Å². The van der Waals surface area contributed by atoms with Crippen LogP contribution in [0.3, 0.4) is 0 Å². The molecule has 2 atom stereocenters. The summed E-state index contributed by atoms with van der Waals surface area (Å²) in [5, 5.41) is 3.67. The first-order valence-corrected chi connectivity index (χ1v) is 6.97. The molecule has 92 valence electrons. The summed E-state index contributed by atoms with van der Waals surface area (Å²) in [4.78, 5) is 2.66. The minimum Gasteiger partial charge on any atom is -0.314 e. The Morgan fingerprint density at radius 2 is 2.25 bits per heavy atom. The van der Waals surface area contributed by atoms with Gasteiger partial charge in [-0.1, -0.05) is 6.08 Å². The molecule has 1 N–H and O–H groups in total. The molecular weight excluding hydrogens is 196 g/mol. The summed E-state index contributed by atoms with van der Waals surface area (Å²) in [7, 11) is 0. The van der Waals surface area contributed by atoms with Crippen LogP contribution in [0.4, 0.5) is 0 Å². The third kappa shape index (κ3) is 3.33. The fraction of sp³-hybridized carbons (Fsp3) is 0.857. The van der Waals surface area contributed by atoms with E-state index >= 15 is 0 Å². The monoisotopic (exact) mass is 222 g/mol. The molecule has 2 heterocycles. The first-order chi connectivity index (χ1) is 7.90. The molecule has 2 fully saturated rings. The SMILES string of the molecule is C=CCCCN1CCCC(C2CCCN2)C1. The van der Waals surface area contributed by atoms with Gasteiger partial charge in [-0.2, -0.15) is 0 Å². The van der Waals surface area contributed by atoms with Gasteiger partial charge in [-0.3, -0.25) is 0 Å². The number of rotatable bonds is 5. The second kappa shape index (κ2) is 6.41. The summed E-state index contributed by atoms with van der Waals surface area (Å²) in [6.45, 7) is 8.96. The van der Waals surface area contributed by atoms with E-state index in [-0.39, 0.29) is 0 Å². The summed E-state index contributed by atoms with van der Waals surface area (Å²) < 4.78 is 0. The first kappa shape index (κ1) is 12.1. The molecule has 2 heteroatoms. The lowest BCUT2D eigenvalue weighted by molar-refractivity contribution is 0.151. The lowest BCUT2D eigenvalue weighted by Crippen LogP contribution is -2.43. The molecule has 0 spiro atoms. The average molecular weight is 222 g/mol. The van der Waals surface area contributed by atoms with Crippen LogP contribution in [0.1, 0.15) is 38.5 Å². The molecule has 0 aromatic rings. The Labute approximate surface area is 100 Å². The number of nitrogens with one attached hydrogen (secondary N) is 1. The molecule has 2 aliphatic rings. The predicted octanol–water partition coefficient (Wildman–Crippen LogP) is 2.42. The minimum absolute atomic E-state index is 0.821. The van der Waals surface area contributed by atoms with E-state index in [1.165, 1.54) is 64.7 Å².